The fourth-order valence-electron chi connectivity index (χ4n) is 1.94. The first-order valence-corrected chi connectivity index (χ1v) is 5.93. The molecule has 0 saturated carbocycles. The van der Waals surface area contributed by atoms with E-state index in [1.807, 2.05) is 36.9 Å². The molecule has 0 amide bonds. The monoisotopic (exact) mass is 258 g/mol. The van der Waals surface area contributed by atoms with Gasteiger partial charge in [0, 0.05) is 36.6 Å². The van der Waals surface area contributed by atoms with Crippen LogP contribution in [0.25, 0.3) is 22.3 Å². The summed E-state index contributed by atoms with van der Waals surface area (Å²) in [5.41, 5.74) is 2.58. The SMILES string of the molecule is Cc1ncc(Cl)c(-c2cnc3c(ccn3C)c2)n1. The van der Waals surface area contributed by atoms with Crippen molar-refractivity contribution in [3.63, 3.8) is 0 Å². The number of pyridine rings is 1. The van der Waals surface area contributed by atoms with Gasteiger partial charge in [0.05, 0.1) is 10.7 Å². The van der Waals surface area contributed by atoms with Gasteiger partial charge in [-0.05, 0) is 19.1 Å². The van der Waals surface area contributed by atoms with Crippen molar-refractivity contribution in [2.24, 2.45) is 7.05 Å². The quantitative estimate of drug-likeness (QED) is 0.674. The third kappa shape index (κ3) is 1.75. The Bertz CT molecular complexity index is 733. The molecule has 0 aliphatic heterocycles. The molecule has 3 heterocycles. The fraction of sp³-hybridized carbons (Fsp3) is 0.154. The molecular formula is C13H11ClN4. The van der Waals surface area contributed by atoms with E-state index >= 15 is 0 Å². The second-order valence-electron chi connectivity index (χ2n) is 4.18. The van der Waals surface area contributed by atoms with Crippen LogP contribution >= 0.6 is 11.6 Å². The van der Waals surface area contributed by atoms with Crippen LogP contribution in [-0.4, -0.2) is 19.5 Å². The highest BCUT2D eigenvalue weighted by atomic mass is 35.5. The Morgan fingerprint density at radius 3 is 2.89 bits per heavy atom. The predicted molar refractivity (Wildman–Crippen MR) is 71.5 cm³/mol. The van der Waals surface area contributed by atoms with Crippen molar-refractivity contribution in [2.75, 3.05) is 0 Å². The Balaban J connectivity index is 2.22. The third-order valence-electron chi connectivity index (χ3n) is 2.84. The highest BCUT2D eigenvalue weighted by Crippen LogP contribution is 2.27. The third-order valence-corrected chi connectivity index (χ3v) is 3.12. The van der Waals surface area contributed by atoms with Crippen molar-refractivity contribution in [3.05, 3.63) is 41.6 Å². The van der Waals surface area contributed by atoms with E-state index in [0.717, 1.165) is 22.3 Å². The van der Waals surface area contributed by atoms with Crippen molar-refractivity contribution < 1.29 is 0 Å². The molecule has 3 rings (SSSR count). The molecule has 3 aromatic heterocycles. The number of rotatable bonds is 1. The normalized spacial score (nSPS) is 11.1. The van der Waals surface area contributed by atoms with Gasteiger partial charge in [0.15, 0.2) is 0 Å². The maximum absolute atomic E-state index is 6.13. The summed E-state index contributed by atoms with van der Waals surface area (Å²) in [4.78, 5) is 12.9. The molecule has 18 heavy (non-hydrogen) atoms. The Kier molecular flexibility index (Phi) is 2.52. The van der Waals surface area contributed by atoms with E-state index in [1.165, 1.54) is 0 Å². The molecule has 0 aliphatic carbocycles. The van der Waals surface area contributed by atoms with Crippen LogP contribution in [0.15, 0.2) is 30.7 Å². The zero-order valence-electron chi connectivity index (χ0n) is 10.1. The first kappa shape index (κ1) is 11.2. The molecule has 5 heteroatoms. The van der Waals surface area contributed by atoms with Crippen LogP contribution in [0.2, 0.25) is 5.02 Å². The Hall–Kier alpha value is -1.94. The second-order valence-corrected chi connectivity index (χ2v) is 4.58. The van der Waals surface area contributed by atoms with Crippen molar-refractivity contribution in [3.8, 4) is 11.3 Å². The maximum atomic E-state index is 6.13. The molecule has 0 aromatic carbocycles. The Labute approximate surface area is 109 Å². The average molecular weight is 259 g/mol. The zero-order chi connectivity index (χ0) is 12.7. The van der Waals surface area contributed by atoms with Crippen LogP contribution in [0.3, 0.4) is 0 Å². The lowest BCUT2D eigenvalue weighted by atomic mass is 10.2. The Morgan fingerprint density at radius 2 is 2.06 bits per heavy atom. The molecule has 4 nitrogen and oxygen atoms in total. The molecule has 0 aliphatic rings. The van der Waals surface area contributed by atoms with Gasteiger partial charge in [-0.3, -0.25) is 0 Å². The van der Waals surface area contributed by atoms with Crippen LogP contribution in [0.4, 0.5) is 0 Å². The number of aromatic nitrogens is 4. The van der Waals surface area contributed by atoms with Crippen LogP contribution < -0.4 is 0 Å². The van der Waals surface area contributed by atoms with Gasteiger partial charge >= 0.3 is 0 Å². The average Bonchev–Trinajstić information content (AvgIpc) is 2.74. The van der Waals surface area contributed by atoms with Crippen LogP contribution in [0.1, 0.15) is 5.82 Å². The molecule has 0 unspecified atom stereocenters. The van der Waals surface area contributed by atoms with E-state index in [4.69, 9.17) is 11.6 Å². The molecule has 0 spiro atoms. The lowest BCUT2D eigenvalue weighted by Gasteiger charge is -2.04. The van der Waals surface area contributed by atoms with Crippen molar-refractivity contribution in [1.82, 2.24) is 19.5 Å². The Morgan fingerprint density at radius 1 is 1.22 bits per heavy atom. The van der Waals surface area contributed by atoms with Gasteiger partial charge in [0.2, 0.25) is 0 Å². The van der Waals surface area contributed by atoms with Gasteiger partial charge in [-0.2, -0.15) is 0 Å². The van der Waals surface area contributed by atoms with E-state index in [1.54, 1.807) is 12.4 Å². The summed E-state index contributed by atoms with van der Waals surface area (Å²) >= 11 is 6.13. The molecule has 0 saturated heterocycles. The molecule has 0 fully saturated rings. The smallest absolute Gasteiger partial charge is 0.139 e. The predicted octanol–water partition coefficient (Wildman–Crippen LogP) is 2.99. The minimum absolute atomic E-state index is 0.540. The van der Waals surface area contributed by atoms with Gasteiger partial charge in [-0.1, -0.05) is 11.6 Å². The summed E-state index contributed by atoms with van der Waals surface area (Å²) in [6.07, 6.45) is 5.39. The fourth-order valence-corrected chi connectivity index (χ4v) is 2.14. The summed E-state index contributed by atoms with van der Waals surface area (Å²) < 4.78 is 1.98. The molecule has 0 atom stereocenters. The molecule has 3 aromatic rings. The van der Waals surface area contributed by atoms with E-state index in [0.29, 0.717) is 10.8 Å². The van der Waals surface area contributed by atoms with Crippen molar-refractivity contribution >= 4 is 22.6 Å². The topological polar surface area (TPSA) is 43.6 Å². The number of fused-ring (bicyclic) bond motifs is 1. The van der Waals surface area contributed by atoms with Gasteiger partial charge in [-0.15, -0.1) is 0 Å². The minimum atomic E-state index is 0.540. The van der Waals surface area contributed by atoms with Crippen LogP contribution in [0, 0.1) is 6.92 Å². The first-order valence-electron chi connectivity index (χ1n) is 5.56. The highest BCUT2D eigenvalue weighted by Gasteiger charge is 2.09. The summed E-state index contributed by atoms with van der Waals surface area (Å²) in [6, 6.07) is 4.06. The number of hydrogen-bond donors (Lipinski definition) is 0. The minimum Gasteiger partial charge on any atom is -0.336 e. The van der Waals surface area contributed by atoms with Crippen LogP contribution in [-0.2, 0) is 7.05 Å². The number of nitrogens with zero attached hydrogens (tertiary/aromatic N) is 4. The molecule has 0 bridgehead atoms. The van der Waals surface area contributed by atoms with E-state index in [2.05, 4.69) is 15.0 Å². The molecule has 0 N–H and O–H groups in total. The largest absolute Gasteiger partial charge is 0.336 e. The lowest BCUT2D eigenvalue weighted by Crippen LogP contribution is -1.93. The summed E-state index contributed by atoms with van der Waals surface area (Å²) in [5.74, 6) is 0.697. The maximum Gasteiger partial charge on any atom is 0.139 e. The van der Waals surface area contributed by atoms with Gasteiger partial charge in [0.1, 0.15) is 11.5 Å². The van der Waals surface area contributed by atoms with Gasteiger partial charge in [0.25, 0.3) is 0 Å². The summed E-state index contributed by atoms with van der Waals surface area (Å²) in [7, 11) is 1.97. The van der Waals surface area contributed by atoms with Crippen molar-refractivity contribution in [1.29, 1.82) is 0 Å². The number of hydrogen-bond acceptors (Lipinski definition) is 3. The molecule has 90 valence electrons. The molecular weight excluding hydrogens is 248 g/mol. The standard InChI is InChI=1S/C13H11ClN4/c1-8-15-7-11(14)12(17-8)10-5-9-3-4-18(2)13(9)16-6-10/h3-7H,1-2H3. The lowest BCUT2D eigenvalue weighted by molar-refractivity contribution is 0.948. The number of halogens is 1. The van der Waals surface area contributed by atoms with E-state index in [9.17, 15) is 0 Å². The van der Waals surface area contributed by atoms with Crippen LogP contribution in [0.5, 0.6) is 0 Å². The van der Waals surface area contributed by atoms with Gasteiger partial charge < -0.3 is 4.57 Å². The zero-order valence-corrected chi connectivity index (χ0v) is 10.8. The second kappa shape index (κ2) is 4.07. The first-order chi connectivity index (χ1) is 8.65. The van der Waals surface area contributed by atoms with Gasteiger partial charge in [-0.25, -0.2) is 15.0 Å². The molecule has 0 radical (unpaired) electrons. The van der Waals surface area contributed by atoms with E-state index in [-0.39, 0.29) is 0 Å². The number of aryl methyl sites for hydroxylation is 2. The summed E-state index contributed by atoms with van der Waals surface area (Å²) in [5, 5.41) is 1.61. The van der Waals surface area contributed by atoms with E-state index < -0.39 is 0 Å². The highest BCUT2D eigenvalue weighted by molar-refractivity contribution is 6.32. The van der Waals surface area contributed by atoms with Crippen molar-refractivity contribution in [2.45, 2.75) is 6.92 Å². The summed E-state index contributed by atoms with van der Waals surface area (Å²) in [6.45, 7) is 1.84.